The molecule has 1 aromatic heterocycles. The number of carbonyl (C=O) groups is 1. The molecule has 2 saturated carbocycles. The van der Waals surface area contributed by atoms with Gasteiger partial charge in [0, 0.05) is 11.9 Å². The van der Waals surface area contributed by atoms with Crippen LogP contribution in [0.3, 0.4) is 0 Å². The summed E-state index contributed by atoms with van der Waals surface area (Å²) in [5.41, 5.74) is 0.793. The van der Waals surface area contributed by atoms with Gasteiger partial charge in [0.2, 0.25) is 0 Å². The van der Waals surface area contributed by atoms with Crippen LogP contribution in [0.5, 0.6) is 0 Å². The first-order valence-electron chi connectivity index (χ1n) is 6.38. The van der Waals surface area contributed by atoms with Crippen molar-refractivity contribution in [3.8, 4) is 0 Å². The molecule has 0 aromatic carbocycles. The predicted molar refractivity (Wildman–Crippen MR) is 77.6 cm³/mol. The summed E-state index contributed by atoms with van der Waals surface area (Å²) in [5, 5.41) is 12.2. The largest absolute Gasteiger partial charge is 0.391 e. The molecule has 3 aliphatic rings. The van der Waals surface area contributed by atoms with Crippen molar-refractivity contribution in [2.45, 2.75) is 25.0 Å². The lowest BCUT2D eigenvalue weighted by atomic mass is 9.88. The van der Waals surface area contributed by atoms with Crippen LogP contribution in [-0.4, -0.2) is 34.6 Å². The number of halogens is 1. The number of carbonyl (C=O) groups excluding carboxylic acids is 1. The summed E-state index contributed by atoms with van der Waals surface area (Å²) < 4.78 is 1.14. The van der Waals surface area contributed by atoms with Gasteiger partial charge in [-0.1, -0.05) is 0 Å². The minimum absolute atomic E-state index is 0.0961. The summed E-state index contributed by atoms with van der Waals surface area (Å²) >= 11 is 3.85. The normalized spacial score (nSPS) is 40.8. The van der Waals surface area contributed by atoms with E-state index >= 15 is 0 Å². The van der Waals surface area contributed by atoms with Crippen LogP contribution in [0, 0.1) is 20.6 Å². The minimum Gasteiger partial charge on any atom is -0.391 e. The molecule has 5 atom stereocenters. The van der Waals surface area contributed by atoms with E-state index in [1.165, 1.54) is 0 Å². The molecule has 0 spiro atoms. The van der Waals surface area contributed by atoms with Crippen molar-refractivity contribution in [1.82, 2.24) is 4.90 Å². The second-order valence-corrected chi connectivity index (χ2v) is 8.54. The zero-order valence-corrected chi connectivity index (χ0v) is 12.7. The maximum atomic E-state index is 12.5. The minimum atomic E-state index is -0.282. The summed E-state index contributed by atoms with van der Waals surface area (Å²) in [6.45, 7) is 0.855. The third kappa shape index (κ3) is 1.47. The van der Waals surface area contributed by atoms with E-state index in [0.717, 1.165) is 27.8 Å². The highest BCUT2D eigenvalue weighted by Gasteiger charge is 2.59. The van der Waals surface area contributed by atoms with Crippen molar-refractivity contribution in [3.63, 3.8) is 0 Å². The Bertz CT molecular complexity index is 515. The molecule has 0 radical (unpaired) electrons. The van der Waals surface area contributed by atoms with Crippen LogP contribution in [0.4, 0.5) is 0 Å². The Labute approximate surface area is 123 Å². The first kappa shape index (κ1) is 11.7. The summed E-state index contributed by atoms with van der Waals surface area (Å²) in [6.07, 6.45) is 1.96. The van der Waals surface area contributed by atoms with Crippen LogP contribution < -0.4 is 0 Å². The second kappa shape index (κ2) is 3.93. The van der Waals surface area contributed by atoms with Gasteiger partial charge in [-0.25, -0.2) is 0 Å². The van der Waals surface area contributed by atoms with Gasteiger partial charge < -0.3 is 10.0 Å². The van der Waals surface area contributed by atoms with Gasteiger partial charge in [-0.3, -0.25) is 4.79 Å². The molecule has 3 nitrogen and oxygen atoms in total. The fraction of sp³-hybridized carbons (Fsp3) is 0.615. The highest BCUT2D eigenvalue weighted by atomic mass is 127. The molecule has 18 heavy (non-hydrogen) atoms. The number of hydrogen-bond acceptors (Lipinski definition) is 3. The highest BCUT2D eigenvalue weighted by molar-refractivity contribution is 14.1. The molecule has 2 bridgehead atoms. The SMILES string of the molecule is O=C(c1csc(I)c1)N1CC2CC3CC2C1C3O. The monoisotopic (exact) mass is 375 g/mol. The molecular formula is C13H14INO2S. The average Bonchev–Trinajstić information content (AvgIpc) is 3.01. The standard InChI is InChI=1S/C13H14INO2S/c14-10-3-8(5-18-10)13(17)15-4-7-1-6-2-9(7)11(15)12(6)16/h3,5-7,9,11-12,16H,1-2,4H2. The zero-order chi connectivity index (χ0) is 12.4. The van der Waals surface area contributed by atoms with Gasteiger partial charge in [0.05, 0.1) is 20.6 Å². The Morgan fingerprint density at radius 1 is 1.44 bits per heavy atom. The Hall–Kier alpha value is -0.140. The number of likely N-dealkylation sites (tertiary alicyclic amines) is 1. The van der Waals surface area contributed by atoms with Gasteiger partial charge in [0.1, 0.15) is 0 Å². The Balaban J connectivity index is 1.65. The second-order valence-electron chi connectivity index (χ2n) is 5.73. The van der Waals surface area contributed by atoms with Crippen LogP contribution in [0.2, 0.25) is 0 Å². The van der Waals surface area contributed by atoms with Crippen molar-refractivity contribution in [3.05, 3.63) is 19.9 Å². The molecule has 1 N–H and O–H groups in total. The van der Waals surface area contributed by atoms with Gasteiger partial charge in [-0.15, -0.1) is 11.3 Å². The average molecular weight is 375 g/mol. The molecule has 1 amide bonds. The van der Waals surface area contributed by atoms with Crippen LogP contribution >= 0.6 is 33.9 Å². The summed E-state index contributed by atoms with van der Waals surface area (Å²) in [4.78, 5) is 14.5. The van der Waals surface area contributed by atoms with Crippen LogP contribution in [0.15, 0.2) is 11.4 Å². The van der Waals surface area contributed by atoms with Crippen molar-refractivity contribution >= 4 is 39.8 Å². The number of rotatable bonds is 1. The lowest BCUT2D eigenvalue weighted by Gasteiger charge is -2.28. The molecular weight excluding hydrogens is 361 g/mol. The third-order valence-electron chi connectivity index (χ3n) is 4.92. The van der Waals surface area contributed by atoms with E-state index in [0.29, 0.717) is 17.8 Å². The van der Waals surface area contributed by atoms with E-state index in [2.05, 4.69) is 22.6 Å². The maximum Gasteiger partial charge on any atom is 0.255 e. The Morgan fingerprint density at radius 3 is 2.94 bits per heavy atom. The van der Waals surface area contributed by atoms with E-state index in [1.807, 2.05) is 16.3 Å². The molecule has 2 heterocycles. The van der Waals surface area contributed by atoms with E-state index < -0.39 is 0 Å². The smallest absolute Gasteiger partial charge is 0.255 e. The molecule has 1 aliphatic heterocycles. The fourth-order valence-electron chi connectivity index (χ4n) is 4.24. The maximum absolute atomic E-state index is 12.5. The van der Waals surface area contributed by atoms with E-state index in [4.69, 9.17) is 0 Å². The van der Waals surface area contributed by atoms with Crippen molar-refractivity contribution in [2.75, 3.05) is 6.54 Å². The van der Waals surface area contributed by atoms with Crippen molar-refractivity contribution < 1.29 is 9.90 Å². The van der Waals surface area contributed by atoms with Crippen molar-refractivity contribution in [2.24, 2.45) is 17.8 Å². The van der Waals surface area contributed by atoms with Gasteiger partial charge in [0.15, 0.2) is 0 Å². The molecule has 2 aliphatic carbocycles. The van der Waals surface area contributed by atoms with E-state index in [-0.39, 0.29) is 18.1 Å². The summed E-state index contributed by atoms with van der Waals surface area (Å²) in [6, 6.07) is 2.05. The predicted octanol–water partition coefficient (Wildman–Crippen LogP) is 2.19. The van der Waals surface area contributed by atoms with Gasteiger partial charge in [0.25, 0.3) is 5.91 Å². The van der Waals surface area contributed by atoms with Crippen LogP contribution in [0.25, 0.3) is 0 Å². The fourth-order valence-corrected chi connectivity index (χ4v) is 5.56. The van der Waals surface area contributed by atoms with Crippen LogP contribution in [0.1, 0.15) is 23.2 Å². The number of hydrogen-bond donors (Lipinski definition) is 1. The Morgan fingerprint density at radius 2 is 2.28 bits per heavy atom. The first-order chi connectivity index (χ1) is 8.65. The van der Waals surface area contributed by atoms with Crippen molar-refractivity contribution in [1.29, 1.82) is 0 Å². The van der Waals surface area contributed by atoms with Crippen LogP contribution in [-0.2, 0) is 0 Å². The molecule has 1 saturated heterocycles. The summed E-state index contributed by atoms with van der Waals surface area (Å²) in [5.74, 6) is 1.77. The molecule has 1 aromatic rings. The molecule has 3 fully saturated rings. The number of fused-ring (bicyclic) bond motifs is 1. The number of nitrogens with zero attached hydrogens (tertiary/aromatic N) is 1. The van der Waals surface area contributed by atoms with Gasteiger partial charge in [-0.2, -0.15) is 0 Å². The molecule has 5 unspecified atom stereocenters. The molecule has 96 valence electrons. The topological polar surface area (TPSA) is 40.5 Å². The first-order valence-corrected chi connectivity index (χ1v) is 8.34. The molecule has 5 heteroatoms. The lowest BCUT2D eigenvalue weighted by molar-refractivity contribution is 0.0402. The number of amides is 1. The quantitative estimate of drug-likeness (QED) is 0.765. The van der Waals surface area contributed by atoms with Gasteiger partial charge >= 0.3 is 0 Å². The highest BCUT2D eigenvalue weighted by Crippen LogP contribution is 2.55. The molecule has 4 rings (SSSR count). The lowest BCUT2D eigenvalue weighted by Crippen LogP contribution is -2.43. The van der Waals surface area contributed by atoms with E-state index in [9.17, 15) is 9.90 Å². The van der Waals surface area contributed by atoms with E-state index in [1.54, 1.807) is 11.3 Å². The number of aliphatic hydroxyl groups excluding tert-OH is 1. The number of thiophene rings is 1. The summed E-state index contributed by atoms with van der Waals surface area (Å²) in [7, 11) is 0. The Kier molecular flexibility index (Phi) is 2.55. The number of aliphatic hydroxyl groups is 1. The zero-order valence-electron chi connectivity index (χ0n) is 9.75. The third-order valence-corrected chi connectivity index (χ3v) is 6.71. The van der Waals surface area contributed by atoms with Gasteiger partial charge in [-0.05, 0) is 59.3 Å².